The summed E-state index contributed by atoms with van der Waals surface area (Å²) in [5.74, 6) is 0.881. The monoisotopic (exact) mass is 329 g/mol. The third-order valence-electron chi connectivity index (χ3n) is 4.58. The lowest BCUT2D eigenvalue weighted by Gasteiger charge is -2.34. The Bertz CT molecular complexity index is 755. The predicted octanol–water partition coefficient (Wildman–Crippen LogP) is 1.66. The lowest BCUT2D eigenvalue weighted by atomic mass is 10.0. The number of amides is 1. The number of hydrogen-bond donors (Lipinski definition) is 0. The van der Waals surface area contributed by atoms with E-state index in [1.807, 2.05) is 4.90 Å². The summed E-state index contributed by atoms with van der Waals surface area (Å²) in [6.07, 6.45) is 3.66. The summed E-state index contributed by atoms with van der Waals surface area (Å²) in [6.45, 7) is 1.82. The molecule has 3 heterocycles. The number of furan rings is 1. The Morgan fingerprint density at radius 3 is 2.62 bits per heavy atom. The van der Waals surface area contributed by atoms with E-state index in [1.54, 1.807) is 35.0 Å². The van der Waals surface area contributed by atoms with Crippen molar-refractivity contribution >= 4 is 5.91 Å². The lowest BCUT2D eigenvalue weighted by Crippen LogP contribution is -2.44. The maximum atomic E-state index is 12.6. The van der Waals surface area contributed by atoms with Crippen LogP contribution in [0.4, 0.5) is 0 Å². The summed E-state index contributed by atoms with van der Waals surface area (Å²) < 4.78 is 7.22. The van der Waals surface area contributed by atoms with Gasteiger partial charge in [-0.05, 0) is 45.1 Å². The van der Waals surface area contributed by atoms with Crippen LogP contribution in [-0.4, -0.2) is 53.5 Å². The van der Waals surface area contributed by atoms with Crippen LogP contribution in [0.3, 0.4) is 0 Å². The molecule has 0 unspecified atom stereocenters. The Labute approximate surface area is 141 Å². The zero-order chi connectivity index (χ0) is 17.1. The molecule has 6 nitrogen and oxygen atoms in total. The molecule has 0 bridgehead atoms. The molecule has 1 aliphatic rings. The van der Waals surface area contributed by atoms with Crippen LogP contribution in [0.2, 0.25) is 0 Å². The van der Waals surface area contributed by atoms with Crippen molar-refractivity contribution in [3.05, 3.63) is 58.4 Å². The number of nitrogens with zero attached hydrogens (tertiary/aromatic N) is 3. The largest absolute Gasteiger partial charge is 0.454 e. The molecule has 1 amide bonds. The second kappa shape index (κ2) is 7.05. The lowest BCUT2D eigenvalue weighted by molar-refractivity contribution is 0.0630. The third kappa shape index (κ3) is 3.59. The second-order valence-electron chi connectivity index (χ2n) is 6.42. The van der Waals surface area contributed by atoms with Gasteiger partial charge in [0.2, 0.25) is 0 Å². The molecule has 1 saturated heterocycles. The summed E-state index contributed by atoms with van der Waals surface area (Å²) in [5, 5.41) is 0. The van der Waals surface area contributed by atoms with Crippen molar-refractivity contribution in [2.45, 2.75) is 25.4 Å². The Morgan fingerprint density at radius 2 is 1.96 bits per heavy atom. The molecular weight excluding hydrogens is 306 g/mol. The van der Waals surface area contributed by atoms with Gasteiger partial charge < -0.3 is 18.8 Å². The molecular formula is C18H23N3O3. The highest BCUT2D eigenvalue weighted by molar-refractivity contribution is 5.91. The standard InChI is InChI=1S/C18H23N3O3/c1-19(2)14-8-11-20(12-9-14)18(23)16-7-6-15(24-16)13-21-10-4-3-5-17(21)22/h3-7,10,14H,8-9,11-13H2,1-2H3. The van der Waals surface area contributed by atoms with Crippen molar-refractivity contribution < 1.29 is 9.21 Å². The van der Waals surface area contributed by atoms with Gasteiger partial charge >= 0.3 is 0 Å². The van der Waals surface area contributed by atoms with Gasteiger partial charge in [0.25, 0.3) is 11.5 Å². The smallest absolute Gasteiger partial charge is 0.289 e. The summed E-state index contributed by atoms with van der Waals surface area (Å²) in [5.41, 5.74) is -0.0902. The molecule has 1 aliphatic heterocycles. The number of pyridine rings is 1. The van der Waals surface area contributed by atoms with Crippen LogP contribution in [0.25, 0.3) is 0 Å². The molecule has 0 aliphatic carbocycles. The highest BCUT2D eigenvalue weighted by Crippen LogP contribution is 2.18. The van der Waals surface area contributed by atoms with E-state index >= 15 is 0 Å². The molecule has 0 saturated carbocycles. The normalized spacial score (nSPS) is 15.9. The molecule has 2 aromatic rings. The van der Waals surface area contributed by atoms with Crippen molar-refractivity contribution in [2.24, 2.45) is 0 Å². The van der Waals surface area contributed by atoms with Crippen LogP contribution in [0.1, 0.15) is 29.2 Å². The molecule has 0 N–H and O–H groups in total. The number of hydrogen-bond acceptors (Lipinski definition) is 4. The van der Waals surface area contributed by atoms with E-state index in [0.29, 0.717) is 24.1 Å². The number of carbonyl (C=O) groups excluding carboxylic acids is 1. The summed E-state index contributed by atoms with van der Waals surface area (Å²) in [4.78, 5) is 28.4. The Morgan fingerprint density at radius 1 is 1.21 bits per heavy atom. The van der Waals surface area contributed by atoms with Gasteiger partial charge in [-0.25, -0.2) is 0 Å². The first-order chi connectivity index (χ1) is 11.5. The molecule has 0 radical (unpaired) electrons. The molecule has 0 spiro atoms. The highest BCUT2D eigenvalue weighted by Gasteiger charge is 2.26. The van der Waals surface area contributed by atoms with Gasteiger partial charge in [-0.3, -0.25) is 9.59 Å². The van der Waals surface area contributed by atoms with E-state index in [9.17, 15) is 9.59 Å². The average Bonchev–Trinajstić information content (AvgIpc) is 3.05. The number of piperidine rings is 1. The second-order valence-corrected chi connectivity index (χ2v) is 6.42. The van der Waals surface area contributed by atoms with E-state index in [4.69, 9.17) is 4.42 Å². The summed E-state index contributed by atoms with van der Waals surface area (Å²) in [6, 6.07) is 9.00. The highest BCUT2D eigenvalue weighted by atomic mass is 16.4. The Hall–Kier alpha value is -2.34. The maximum Gasteiger partial charge on any atom is 0.289 e. The van der Waals surface area contributed by atoms with E-state index < -0.39 is 0 Å². The molecule has 3 rings (SSSR count). The Kier molecular flexibility index (Phi) is 4.85. The molecule has 2 aromatic heterocycles. The van der Waals surface area contributed by atoms with Crippen molar-refractivity contribution in [2.75, 3.05) is 27.2 Å². The quantitative estimate of drug-likeness (QED) is 0.856. The predicted molar refractivity (Wildman–Crippen MR) is 91.1 cm³/mol. The topological polar surface area (TPSA) is 58.7 Å². The fourth-order valence-electron chi connectivity index (χ4n) is 3.08. The van der Waals surface area contributed by atoms with E-state index in [-0.39, 0.29) is 11.5 Å². The fourth-order valence-corrected chi connectivity index (χ4v) is 3.08. The molecule has 6 heteroatoms. The number of likely N-dealkylation sites (tertiary alicyclic amines) is 1. The molecule has 0 aromatic carbocycles. The summed E-state index contributed by atoms with van der Waals surface area (Å²) in [7, 11) is 4.15. The van der Waals surface area contributed by atoms with Crippen LogP contribution >= 0.6 is 0 Å². The first kappa shape index (κ1) is 16.5. The molecule has 0 atom stereocenters. The van der Waals surface area contributed by atoms with Gasteiger partial charge in [0.05, 0.1) is 6.54 Å². The van der Waals surface area contributed by atoms with Crippen LogP contribution in [-0.2, 0) is 6.54 Å². The van der Waals surface area contributed by atoms with Crippen molar-refractivity contribution in [3.63, 3.8) is 0 Å². The number of aromatic nitrogens is 1. The minimum atomic E-state index is -0.0902. The first-order valence-corrected chi connectivity index (χ1v) is 8.24. The van der Waals surface area contributed by atoms with Gasteiger partial charge in [0.15, 0.2) is 5.76 Å². The van der Waals surface area contributed by atoms with Gasteiger partial charge in [0, 0.05) is 31.4 Å². The fraction of sp³-hybridized carbons (Fsp3) is 0.444. The van der Waals surface area contributed by atoms with Crippen LogP contribution in [0.5, 0.6) is 0 Å². The van der Waals surface area contributed by atoms with Crippen molar-refractivity contribution in [3.8, 4) is 0 Å². The van der Waals surface area contributed by atoms with Crippen LogP contribution in [0.15, 0.2) is 45.7 Å². The minimum Gasteiger partial charge on any atom is -0.454 e. The van der Waals surface area contributed by atoms with Gasteiger partial charge in [-0.1, -0.05) is 6.07 Å². The number of rotatable bonds is 4. The molecule has 1 fully saturated rings. The SMILES string of the molecule is CN(C)C1CCN(C(=O)c2ccc(Cn3ccccc3=O)o2)CC1. The zero-order valence-corrected chi connectivity index (χ0v) is 14.1. The van der Waals surface area contributed by atoms with Crippen LogP contribution in [0, 0.1) is 0 Å². The van der Waals surface area contributed by atoms with Gasteiger partial charge in [0.1, 0.15) is 5.76 Å². The average molecular weight is 329 g/mol. The van der Waals surface area contributed by atoms with E-state index in [1.165, 1.54) is 6.07 Å². The van der Waals surface area contributed by atoms with Crippen molar-refractivity contribution in [1.82, 2.24) is 14.4 Å². The first-order valence-electron chi connectivity index (χ1n) is 8.24. The van der Waals surface area contributed by atoms with Crippen LogP contribution < -0.4 is 5.56 Å². The Balaban J connectivity index is 1.64. The molecule has 128 valence electrons. The van der Waals surface area contributed by atoms with Crippen molar-refractivity contribution in [1.29, 1.82) is 0 Å². The zero-order valence-electron chi connectivity index (χ0n) is 14.1. The van der Waals surface area contributed by atoms with E-state index in [0.717, 1.165) is 25.9 Å². The minimum absolute atomic E-state index is 0.0705. The van der Waals surface area contributed by atoms with Gasteiger partial charge in [-0.2, -0.15) is 0 Å². The third-order valence-corrected chi connectivity index (χ3v) is 4.58. The summed E-state index contributed by atoms with van der Waals surface area (Å²) >= 11 is 0. The molecule has 24 heavy (non-hydrogen) atoms. The number of carbonyl (C=O) groups is 1. The van der Waals surface area contributed by atoms with E-state index in [2.05, 4.69) is 19.0 Å². The van der Waals surface area contributed by atoms with Gasteiger partial charge in [-0.15, -0.1) is 0 Å². The maximum absolute atomic E-state index is 12.6.